The van der Waals surface area contributed by atoms with Gasteiger partial charge in [0.1, 0.15) is 6.61 Å². The Balaban J connectivity index is 0.00000169. The smallest absolute Gasteiger partial charge is 0.246 e. The zero-order chi connectivity index (χ0) is 10.1. The molecule has 1 aliphatic rings. The first-order chi connectivity index (χ1) is 5.81. The minimum atomic E-state index is -0.183. The van der Waals surface area contributed by atoms with E-state index in [0.717, 1.165) is 6.42 Å². The molecule has 1 saturated heterocycles. The molecule has 3 nitrogen and oxygen atoms in total. The molecule has 1 amide bonds. The Morgan fingerprint density at radius 2 is 2.00 bits per heavy atom. The molecule has 1 rings (SSSR count). The molecule has 0 aliphatic carbocycles. The van der Waals surface area contributed by atoms with Crippen molar-refractivity contribution in [2.45, 2.75) is 32.7 Å². The Morgan fingerprint density at radius 3 is 2.57 bits per heavy atom. The number of carbonyl (C=O) groups excluding carboxylic acids is 1. The number of amides is 1. The van der Waals surface area contributed by atoms with Gasteiger partial charge in [0, 0.05) is 12.1 Å². The molecule has 1 radical (unpaired) electrons. The number of hydrogen-bond acceptors (Lipinski definition) is 2. The van der Waals surface area contributed by atoms with Gasteiger partial charge in [-0.15, -0.1) is 5.41 Å². The van der Waals surface area contributed by atoms with Crippen LogP contribution in [0, 0.1) is 12.3 Å². The van der Waals surface area contributed by atoms with Crippen LogP contribution in [0.3, 0.4) is 0 Å². The molecule has 1 atom stereocenters. The zero-order valence-electron chi connectivity index (χ0n) is 8.90. The van der Waals surface area contributed by atoms with Crippen molar-refractivity contribution in [1.82, 2.24) is 5.32 Å². The van der Waals surface area contributed by atoms with E-state index in [9.17, 15) is 4.79 Å². The van der Waals surface area contributed by atoms with E-state index in [4.69, 9.17) is 4.74 Å². The summed E-state index contributed by atoms with van der Waals surface area (Å²) in [7, 11) is 0. The largest absolute Gasteiger partial charge is 0.374 e. The van der Waals surface area contributed by atoms with E-state index in [1.165, 1.54) is 0 Å². The molecule has 1 unspecified atom stereocenters. The fourth-order valence-electron chi connectivity index (χ4n) is 1.97. The molecule has 91 valence electrons. The van der Waals surface area contributed by atoms with E-state index < -0.39 is 0 Å². The third-order valence-corrected chi connectivity index (χ3v) is 2.03. The Kier molecular flexibility index (Phi) is 3.25. The predicted molar refractivity (Wildman–Crippen MR) is 51.1 cm³/mol. The average Bonchev–Trinajstić information content (AvgIpc) is 1.78. The van der Waals surface area contributed by atoms with Crippen molar-refractivity contribution in [3.63, 3.8) is 0 Å². The maximum atomic E-state index is 11.2. The van der Waals surface area contributed by atoms with Gasteiger partial charge >= 0.3 is 0 Å². The Bertz CT molecular complexity index is 214. The second-order valence-electron chi connectivity index (χ2n) is 4.91. The molecule has 0 aromatic carbocycles. The van der Waals surface area contributed by atoms with E-state index in [1.54, 1.807) is 0 Å². The molecule has 0 bridgehead atoms. The van der Waals surface area contributed by atoms with E-state index >= 15 is 0 Å². The van der Waals surface area contributed by atoms with E-state index in [-0.39, 0.29) is 23.5 Å². The molecule has 1 aliphatic heterocycles. The normalized spacial score (nSPS) is 32.1. The van der Waals surface area contributed by atoms with E-state index in [2.05, 4.69) is 12.2 Å². The molecule has 4 heteroatoms. The minimum absolute atomic E-state index is 0. The number of ether oxygens (including phenoxy) is 1. The van der Waals surface area contributed by atoms with Crippen LogP contribution in [-0.2, 0) is 9.53 Å². The van der Waals surface area contributed by atoms with Crippen LogP contribution in [0.5, 0.6) is 0 Å². The van der Waals surface area contributed by atoms with Gasteiger partial charge in [-0.25, -0.2) is 0 Å². The van der Waals surface area contributed by atoms with Gasteiger partial charge in [0.05, 0.1) is 0 Å². The predicted octanol–water partition coefficient (Wildman–Crippen LogP) is 1.14. The van der Waals surface area contributed by atoms with E-state index in [1.807, 2.05) is 20.8 Å². The van der Waals surface area contributed by atoms with Crippen molar-refractivity contribution in [2.75, 3.05) is 13.2 Å². The monoisotopic (exact) mass is 446 g/mol. The molecular weight excluding hydrogens is 428 g/mol. The zero-order valence-corrected chi connectivity index (χ0v) is 11.1. The third-order valence-electron chi connectivity index (χ3n) is 2.03. The first-order valence-electron chi connectivity index (χ1n) is 4.55. The standard InChI is InChI=1S/C10H18NO2.Lr/c1-9(2)6-10(3,4)11-8(12)5-13-7-9;/h1,5-7H2,2-4H3,(H,11,12);/q-1;. The van der Waals surface area contributed by atoms with Gasteiger partial charge in [-0.1, -0.05) is 13.3 Å². The van der Waals surface area contributed by atoms with Crippen LogP contribution < -0.4 is 5.32 Å². The summed E-state index contributed by atoms with van der Waals surface area (Å²) in [6.07, 6.45) is 0.825. The van der Waals surface area contributed by atoms with Gasteiger partial charge in [0.2, 0.25) is 5.91 Å². The fourth-order valence-corrected chi connectivity index (χ4v) is 1.97. The number of hydrogen-bond donors (Lipinski definition) is 1. The maximum absolute atomic E-state index is 11.2. The van der Waals surface area contributed by atoms with Crippen LogP contribution in [-0.4, -0.2) is 24.7 Å². The van der Waals surface area contributed by atoms with Crippen molar-refractivity contribution in [3.8, 4) is 0 Å². The Hall–Kier alpha value is -1.57. The van der Waals surface area contributed by atoms with Gasteiger partial charge in [-0.2, -0.15) is 0 Å². The molecule has 1 heterocycles. The number of rotatable bonds is 0. The Labute approximate surface area is 79.8 Å². The van der Waals surface area contributed by atoms with Crippen molar-refractivity contribution >= 4 is 5.91 Å². The van der Waals surface area contributed by atoms with Crippen LogP contribution in [0.4, 0.5) is 0 Å². The van der Waals surface area contributed by atoms with Gasteiger partial charge in [-0.3, -0.25) is 4.79 Å². The van der Waals surface area contributed by atoms with Gasteiger partial charge < -0.3 is 17.0 Å². The molecule has 0 saturated carbocycles. The molecule has 0 aromatic heterocycles. The summed E-state index contributed by atoms with van der Waals surface area (Å²) in [6.45, 7) is 10.8. The molecular formula is C10H18LrNO2-. The molecule has 1 N–H and O–H groups in total. The van der Waals surface area contributed by atoms with Crippen LogP contribution in [0.1, 0.15) is 27.2 Å². The first-order valence-corrected chi connectivity index (χ1v) is 4.55. The summed E-state index contributed by atoms with van der Waals surface area (Å²) in [6, 6.07) is 0. The topological polar surface area (TPSA) is 38.3 Å². The number of nitrogens with one attached hydrogen (secondary N) is 1. The van der Waals surface area contributed by atoms with Gasteiger partial charge in [0.25, 0.3) is 0 Å². The van der Waals surface area contributed by atoms with Crippen molar-refractivity contribution in [1.29, 1.82) is 0 Å². The minimum Gasteiger partial charge on any atom is -0.374 e. The van der Waals surface area contributed by atoms with Crippen LogP contribution in [0.25, 0.3) is 0 Å². The fraction of sp³-hybridized carbons (Fsp3) is 0.800. The third kappa shape index (κ3) is 3.44. The summed E-state index contributed by atoms with van der Waals surface area (Å²) < 4.78 is 5.22. The average molecular weight is 446 g/mol. The van der Waals surface area contributed by atoms with Gasteiger partial charge in [0.15, 0.2) is 0 Å². The van der Waals surface area contributed by atoms with Crippen molar-refractivity contribution in [2.24, 2.45) is 5.41 Å². The Morgan fingerprint density at radius 1 is 1.43 bits per heavy atom. The second kappa shape index (κ2) is 3.66. The van der Waals surface area contributed by atoms with E-state index in [0.29, 0.717) is 6.61 Å². The molecule has 0 spiro atoms. The molecule has 0 aromatic rings. The summed E-state index contributed by atoms with van der Waals surface area (Å²) >= 11 is 0. The maximum Gasteiger partial charge on any atom is 0.246 e. The molecule has 14 heavy (non-hydrogen) atoms. The van der Waals surface area contributed by atoms with Crippen LogP contribution in [0.15, 0.2) is 0 Å². The summed E-state index contributed by atoms with van der Waals surface area (Å²) in [5.41, 5.74) is -0.297. The summed E-state index contributed by atoms with van der Waals surface area (Å²) in [5.74, 6) is -0.0412. The van der Waals surface area contributed by atoms with Gasteiger partial charge in [-0.05, 0) is 13.8 Å². The number of carbonyl (C=O) groups is 1. The first kappa shape index (κ1) is 12.4. The summed E-state index contributed by atoms with van der Waals surface area (Å²) in [5, 5.41) is 2.91. The van der Waals surface area contributed by atoms with Crippen LogP contribution in [0.2, 0.25) is 0 Å². The summed E-state index contributed by atoms with van der Waals surface area (Å²) in [4.78, 5) is 11.2. The van der Waals surface area contributed by atoms with Crippen molar-refractivity contribution in [3.05, 3.63) is 6.92 Å². The van der Waals surface area contributed by atoms with Crippen LogP contribution >= 0.6 is 0 Å². The second-order valence-corrected chi connectivity index (χ2v) is 4.91. The van der Waals surface area contributed by atoms with Crippen molar-refractivity contribution < 1.29 is 9.53 Å². The SMILES string of the molecule is [CH2-]C1(C)COCC(=O)NC(C)(C)C1.[Lr]. The molecule has 1 fully saturated rings. The quantitative estimate of drug-likeness (QED) is 0.568.